The zero-order chi connectivity index (χ0) is 27.6. The molecule has 1 atom stereocenters. The van der Waals surface area contributed by atoms with E-state index in [2.05, 4.69) is 0 Å². The highest BCUT2D eigenvalue weighted by molar-refractivity contribution is 5.81. The lowest BCUT2D eigenvalue weighted by molar-refractivity contribution is -0.147. The molecule has 0 saturated heterocycles. The smallest absolute Gasteiger partial charge is 0.468 e. The van der Waals surface area contributed by atoms with Gasteiger partial charge in [-0.25, -0.2) is 4.79 Å². The van der Waals surface area contributed by atoms with Crippen LogP contribution in [0.5, 0.6) is 17.2 Å². The summed E-state index contributed by atoms with van der Waals surface area (Å²) < 4.78 is 25.8. The lowest BCUT2D eigenvalue weighted by Gasteiger charge is -2.26. The molecule has 0 aliphatic rings. The number of carbonyl (C=O) groups excluding carboxylic acids is 4. The van der Waals surface area contributed by atoms with Crippen molar-refractivity contribution in [1.29, 1.82) is 0 Å². The van der Waals surface area contributed by atoms with Crippen LogP contribution in [0.2, 0.25) is 0 Å². The van der Waals surface area contributed by atoms with Gasteiger partial charge < -0.3 is 29.4 Å². The van der Waals surface area contributed by atoms with E-state index in [1.807, 2.05) is 0 Å². The predicted molar refractivity (Wildman–Crippen MR) is 133 cm³/mol. The van der Waals surface area contributed by atoms with Gasteiger partial charge in [-0.1, -0.05) is 52.0 Å². The minimum atomic E-state index is -1.59. The van der Waals surface area contributed by atoms with Gasteiger partial charge in [-0.2, -0.15) is 0 Å². The highest BCUT2D eigenvalue weighted by Gasteiger charge is 2.36. The number of carbonyl (C=O) groups is 4. The Morgan fingerprint density at radius 1 is 0.838 bits per heavy atom. The van der Waals surface area contributed by atoms with Gasteiger partial charge in [0, 0.05) is 12.8 Å². The Morgan fingerprint density at radius 3 is 2.00 bits per heavy atom. The van der Waals surface area contributed by atoms with E-state index in [0.717, 1.165) is 0 Å². The van der Waals surface area contributed by atoms with Crippen LogP contribution in [0.1, 0.15) is 39.7 Å². The molecule has 0 radical (unpaired) electrons. The van der Waals surface area contributed by atoms with Crippen LogP contribution < -0.4 is 19.9 Å². The number of hydrogen-bond donors (Lipinski definition) is 1. The van der Waals surface area contributed by atoms with Gasteiger partial charge in [0.2, 0.25) is 0 Å². The maximum Gasteiger partial charge on any atom is 0.513 e. The standard InChI is InChI=1S/C27H33NO9/c1-17(2)23(29)36-21-12-11-19(15-22(21)37-24(30)18(3)4)16-27(28,25(31)33-5)13-14-34-26(32)35-20-9-7-6-8-10-20/h6-12,15,17-18H,13-14,16,28H2,1-5H3/t27-/m1/s1. The van der Waals surface area contributed by atoms with E-state index in [1.165, 1.54) is 19.2 Å². The van der Waals surface area contributed by atoms with E-state index in [0.29, 0.717) is 11.3 Å². The minimum Gasteiger partial charge on any atom is -0.468 e. The van der Waals surface area contributed by atoms with E-state index < -0.39 is 41.4 Å². The van der Waals surface area contributed by atoms with Gasteiger partial charge in [-0.15, -0.1) is 0 Å². The summed E-state index contributed by atoms with van der Waals surface area (Å²) in [6.45, 7) is 6.45. The first-order chi connectivity index (χ1) is 17.4. The number of methoxy groups -OCH3 is 1. The molecule has 2 rings (SSSR count). The first-order valence-electron chi connectivity index (χ1n) is 11.8. The minimum absolute atomic E-state index is 0.0140. The Labute approximate surface area is 216 Å². The molecule has 0 spiro atoms. The molecule has 10 heteroatoms. The van der Waals surface area contributed by atoms with Crippen LogP contribution in [0.25, 0.3) is 0 Å². The zero-order valence-electron chi connectivity index (χ0n) is 21.6. The largest absolute Gasteiger partial charge is 0.513 e. The Kier molecular flexibility index (Phi) is 10.6. The van der Waals surface area contributed by atoms with Crippen molar-refractivity contribution >= 4 is 24.1 Å². The number of rotatable bonds is 11. The fourth-order valence-electron chi connectivity index (χ4n) is 3.04. The quantitative estimate of drug-likeness (QED) is 0.267. The van der Waals surface area contributed by atoms with Crippen LogP contribution in [0, 0.1) is 11.8 Å². The van der Waals surface area contributed by atoms with Crippen molar-refractivity contribution in [3.05, 3.63) is 54.1 Å². The van der Waals surface area contributed by atoms with Gasteiger partial charge in [-0.3, -0.25) is 14.4 Å². The Bertz CT molecular complexity index is 1100. The second-order valence-corrected chi connectivity index (χ2v) is 9.02. The average molecular weight is 516 g/mol. The third-order valence-electron chi connectivity index (χ3n) is 5.20. The maximum absolute atomic E-state index is 12.6. The normalized spacial score (nSPS) is 12.4. The highest BCUT2D eigenvalue weighted by Crippen LogP contribution is 2.32. The van der Waals surface area contributed by atoms with Gasteiger partial charge in [0.25, 0.3) is 0 Å². The van der Waals surface area contributed by atoms with Crippen LogP contribution in [-0.4, -0.2) is 43.3 Å². The lowest BCUT2D eigenvalue weighted by atomic mass is 9.88. The molecule has 37 heavy (non-hydrogen) atoms. The van der Waals surface area contributed by atoms with Crippen LogP contribution in [-0.2, 0) is 30.3 Å². The summed E-state index contributed by atoms with van der Waals surface area (Å²) in [6, 6.07) is 12.9. The third-order valence-corrected chi connectivity index (χ3v) is 5.20. The van der Waals surface area contributed by atoms with Crippen molar-refractivity contribution in [2.75, 3.05) is 13.7 Å². The molecule has 2 N–H and O–H groups in total. The second-order valence-electron chi connectivity index (χ2n) is 9.02. The third kappa shape index (κ3) is 8.91. The lowest BCUT2D eigenvalue weighted by Crippen LogP contribution is -2.51. The molecule has 0 fully saturated rings. The molecule has 0 aliphatic heterocycles. The summed E-state index contributed by atoms with van der Waals surface area (Å²) in [5.74, 6) is -2.23. The zero-order valence-corrected chi connectivity index (χ0v) is 21.6. The number of ether oxygens (including phenoxy) is 5. The summed E-state index contributed by atoms with van der Waals surface area (Å²) in [5, 5.41) is 0. The number of nitrogens with two attached hydrogens (primary N) is 1. The van der Waals surface area contributed by atoms with Gasteiger partial charge >= 0.3 is 24.1 Å². The molecule has 2 aromatic rings. The van der Waals surface area contributed by atoms with Crippen molar-refractivity contribution in [3.8, 4) is 17.2 Å². The van der Waals surface area contributed by atoms with Crippen LogP contribution in [0.4, 0.5) is 4.79 Å². The SMILES string of the molecule is COC(=O)[C@@](N)(CCOC(=O)Oc1ccccc1)Cc1ccc(OC(=O)C(C)C)c(OC(=O)C(C)C)c1. The van der Waals surface area contributed by atoms with E-state index in [1.54, 1.807) is 64.1 Å². The first-order valence-corrected chi connectivity index (χ1v) is 11.8. The fourth-order valence-corrected chi connectivity index (χ4v) is 3.04. The van der Waals surface area contributed by atoms with E-state index in [-0.39, 0.29) is 30.9 Å². The van der Waals surface area contributed by atoms with Crippen molar-refractivity contribution in [3.63, 3.8) is 0 Å². The van der Waals surface area contributed by atoms with Crippen molar-refractivity contribution in [1.82, 2.24) is 0 Å². The molecule has 2 aromatic carbocycles. The summed E-state index contributed by atoms with van der Waals surface area (Å²) in [5.41, 5.74) is 5.29. The molecular formula is C27H33NO9. The summed E-state index contributed by atoms with van der Waals surface area (Å²) in [4.78, 5) is 48.9. The van der Waals surface area contributed by atoms with E-state index in [4.69, 9.17) is 29.4 Å². The second kappa shape index (κ2) is 13.4. The topological polar surface area (TPSA) is 140 Å². The molecule has 10 nitrogen and oxygen atoms in total. The maximum atomic E-state index is 12.6. The van der Waals surface area contributed by atoms with Crippen LogP contribution in [0.15, 0.2) is 48.5 Å². The van der Waals surface area contributed by atoms with Gasteiger partial charge in [-0.05, 0) is 29.8 Å². The predicted octanol–water partition coefficient (Wildman–Crippen LogP) is 3.83. The van der Waals surface area contributed by atoms with Crippen LogP contribution >= 0.6 is 0 Å². The van der Waals surface area contributed by atoms with Crippen molar-refractivity contribution in [2.45, 2.75) is 46.1 Å². The number of esters is 3. The Balaban J connectivity index is 2.19. The molecule has 0 amide bonds. The van der Waals surface area contributed by atoms with Gasteiger partial charge in [0.15, 0.2) is 11.5 Å². The molecule has 0 aromatic heterocycles. The summed E-state index contributed by atoms with van der Waals surface area (Å²) >= 11 is 0. The van der Waals surface area contributed by atoms with Gasteiger partial charge in [0.1, 0.15) is 11.3 Å². The van der Waals surface area contributed by atoms with E-state index >= 15 is 0 Å². The highest BCUT2D eigenvalue weighted by atomic mass is 16.7. The number of benzene rings is 2. The fraction of sp³-hybridized carbons (Fsp3) is 0.407. The monoisotopic (exact) mass is 515 g/mol. The summed E-state index contributed by atoms with van der Waals surface area (Å²) in [7, 11) is 1.19. The molecular weight excluding hydrogens is 482 g/mol. The Hall–Kier alpha value is -3.92. The van der Waals surface area contributed by atoms with Crippen molar-refractivity contribution < 1.29 is 42.9 Å². The number of para-hydroxylation sites is 1. The molecule has 0 saturated carbocycles. The molecule has 200 valence electrons. The molecule has 0 bridgehead atoms. The molecule has 0 aliphatic carbocycles. The molecule has 0 heterocycles. The average Bonchev–Trinajstić information content (AvgIpc) is 2.85. The Morgan fingerprint density at radius 2 is 1.43 bits per heavy atom. The first kappa shape index (κ1) is 29.3. The number of hydrogen-bond acceptors (Lipinski definition) is 10. The van der Waals surface area contributed by atoms with Crippen molar-refractivity contribution in [2.24, 2.45) is 17.6 Å². The molecule has 0 unspecified atom stereocenters. The van der Waals surface area contributed by atoms with E-state index in [9.17, 15) is 19.2 Å². The van der Waals surface area contributed by atoms with Gasteiger partial charge in [0.05, 0.1) is 25.6 Å². The van der Waals surface area contributed by atoms with Crippen LogP contribution in [0.3, 0.4) is 0 Å². The summed E-state index contributed by atoms with van der Waals surface area (Å²) in [6.07, 6.45) is -1.09.